The Balaban J connectivity index is 1.90. The highest BCUT2D eigenvalue weighted by molar-refractivity contribution is 5.95. The summed E-state index contributed by atoms with van der Waals surface area (Å²) in [5, 5.41) is 15.2. The molecule has 5 heteroatoms. The lowest BCUT2D eigenvalue weighted by molar-refractivity contribution is -0.145. The van der Waals surface area contributed by atoms with Crippen molar-refractivity contribution in [3.63, 3.8) is 0 Å². The smallest absolute Gasteiger partial charge is 0.349 e. The number of nitrogens with zero attached hydrogens (tertiary/aromatic N) is 1. The first-order valence-electron chi connectivity index (χ1n) is 11.1. The van der Waals surface area contributed by atoms with Crippen molar-refractivity contribution in [1.82, 2.24) is 5.16 Å². The lowest BCUT2D eigenvalue weighted by Gasteiger charge is -2.21. The summed E-state index contributed by atoms with van der Waals surface area (Å²) >= 11 is 0. The van der Waals surface area contributed by atoms with Gasteiger partial charge in [0, 0.05) is 16.7 Å². The van der Waals surface area contributed by atoms with Crippen molar-refractivity contribution < 1.29 is 19.2 Å². The van der Waals surface area contributed by atoms with Crippen molar-refractivity contribution in [1.29, 1.82) is 0 Å². The second-order valence-corrected chi connectivity index (χ2v) is 7.86. The summed E-state index contributed by atoms with van der Waals surface area (Å²) in [4.78, 5) is 12.1. The average Bonchev–Trinajstić information content (AvgIpc) is 3.23. The van der Waals surface area contributed by atoms with Crippen LogP contribution in [0.25, 0.3) is 22.2 Å². The molecule has 1 N–H and O–H groups in total. The quantitative estimate of drug-likeness (QED) is 0.324. The number of aryl methyl sites for hydroxylation is 2. The zero-order valence-electron chi connectivity index (χ0n) is 18.4. The number of fused-ring (bicyclic) bond motifs is 1. The maximum absolute atomic E-state index is 12.1. The van der Waals surface area contributed by atoms with Crippen LogP contribution in [-0.4, -0.2) is 16.2 Å². The first kappa shape index (κ1) is 21.6. The van der Waals surface area contributed by atoms with Crippen LogP contribution in [0.1, 0.15) is 49.5 Å². The maximum Gasteiger partial charge on any atom is 0.349 e. The minimum absolute atomic E-state index is 0.604. The van der Waals surface area contributed by atoms with Gasteiger partial charge in [-0.05, 0) is 24.5 Å². The Labute approximate surface area is 187 Å². The molecule has 1 aromatic heterocycles. The molecule has 1 unspecified atom stereocenters. The Kier molecular flexibility index (Phi) is 6.55. The van der Waals surface area contributed by atoms with Crippen molar-refractivity contribution in [3.05, 3.63) is 83.4 Å². The summed E-state index contributed by atoms with van der Waals surface area (Å²) in [6.45, 7) is 4.19. The molecule has 0 aliphatic carbocycles. The second-order valence-electron chi connectivity index (χ2n) is 7.86. The molecule has 3 aromatic carbocycles. The Morgan fingerprint density at radius 3 is 2.28 bits per heavy atom. The van der Waals surface area contributed by atoms with Crippen molar-refractivity contribution in [2.75, 3.05) is 0 Å². The predicted octanol–water partition coefficient (Wildman–Crippen LogP) is 6.60. The van der Waals surface area contributed by atoms with Gasteiger partial charge in [-0.3, -0.25) is 0 Å². The molecule has 0 amide bonds. The topological polar surface area (TPSA) is 72.6 Å². The SMILES string of the molecule is CCCc1cc2c(-c3ccccc3)noc2c(CCC)c1OC(C(=O)O)c1ccccc1. The molecule has 0 saturated heterocycles. The fourth-order valence-electron chi connectivity index (χ4n) is 4.08. The number of rotatable bonds is 9. The normalized spacial score (nSPS) is 12.1. The molecule has 0 bridgehead atoms. The van der Waals surface area contributed by atoms with E-state index in [0.717, 1.165) is 47.0 Å². The molecule has 0 spiro atoms. The molecule has 5 nitrogen and oxygen atoms in total. The van der Waals surface area contributed by atoms with Gasteiger partial charge in [0.2, 0.25) is 6.10 Å². The van der Waals surface area contributed by atoms with Gasteiger partial charge in [-0.15, -0.1) is 0 Å². The van der Waals surface area contributed by atoms with E-state index in [2.05, 4.69) is 25.1 Å². The Morgan fingerprint density at radius 2 is 1.66 bits per heavy atom. The van der Waals surface area contributed by atoms with Crippen molar-refractivity contribution in [2.24, 2.45) is 0 Å². The molecule has 0 saturated carbocycles. The lowest BCUT2D eigenvalue weighted by Crippen LogP contribution is -2.19. The fourth-order valence-corrected chi connectivity index (χ4v) is 4.08. The minimum Gasteiger partial charge on any atom is -0.478 e. The molecule has 1 atom stereocenters. The Morgan fingerprint density at radius 1 is 1.00 bits per heavy atom. The van der Waals surface area contributed by atoms with Crippen LogP contribution in [0.2, 0.25) is 0 Å². The molecule has 1 heterocycles. The number of hydrogen-bond acceptors (Lipinski definition) is 4. The summed E-state index contributed by atoms with van der Waals surface area (Å²) in [6, 6.07) is 21.0. The van der Waals surface area contributed by atoms with Crippen LogP contribution in [0, 0.1) is 0 Å². The molecular formula is C27H27NO4. The van der Waals surface area contributed by atoms with E-state index in [-0.39, 0.29) is 0 Å². The third-order valence-corrected chi connectivity index (χ3v) is 5.52. The second kappa shape index (κ2) is 9.69. The van der Waals surface area contributed by atoms with Crippen LogP contribution >= 0.6 is 0 Å². The van der Waals surface area contributed by atoms with Gasteiger partial charge in [-0.1, -0.05) is 92.5 Å². The first-order chi connectivity index (χ1) is 15.6. The maximum atomic E-state index is 12.1. The molecule has 0 aliphatic heterocycles. The van der Waals surface area contributed by atoms with Crippen LogP contribution in [0.5, 0.6) is 5.75 Å². The number of aliphatic carboxylic acids is 1. The molecule has 164 valence electrons. The summed E-state index contributed by atoms with van der Waals surface area (Å²) in [6.07, 6.45) is 2.14. The van der Waals surface area contributed by atoms with Crippen LogP contribution in [0.15, 0.2) is 71.3 Å². The van der Waals surface area contributed by atoms with E-state index < -0.39 is 12.1 Å². The molecule has 4 rings (SSSR count). The van der Waals surface area contributed by atoms with E-state index in [9.17, 15) is 9.90 Å². The average molecular weight is 430 g/mol. The van der Waals surface area contributed by atoms with Crippen molar-refractivity contribution in [3.8, 4) is 17.0 Å². The fraction of sp³-hybridized carbons (Fsp3) is 0.259. The number of aromatic nitrogens is 1. The number of hydrogen-bond donors (Lipinski definition) is 1. The highest BCUT2D eigenvalue weighted by atomic mass is 16.5. The van der Waals surface area contributed by atoms with Crippen LogP contribution < -0.4 is 4.74 Å². The highest BCUT2D eigenvalue weighted by Crippen LogP contribution is 2.40. The zero-order valence-corrected chi connectivity index (χ0v) is 18.4. The van der Waals surface area contributed by atoms with Crippen LogP contribution in [0.3, 0.4) is 0 Å². The number of ether oxygens (including phenoxy) is 1. The molecular weight excluding hydrogens is 402 g/mol. The summed E-state index contributed by atoms with van der Waals surface area (Å²) in [5.41, 5.74) is 4.90. The Bertz CT molecular complexity index is 1200. The van der Waals surface area contributed by atoms with Gasteiger partial charge in [-0.25, -0.2) is 4.79 Å². The van der Waals surface area contributed by atoms with Crippen LogP contribution in [0.4, 0.5) is 0 Å². The van der Waals surface area contributed by atoms with Gasteiger partial charge >= 0.3 is 5.97 Å². The standard InChI is InChI=1S/C27H27NO4/c1-3-11-20-17-22-23(18-13-7-5-8-14-18)28-32-26(22)21(12-4-2)24(20)31-25(27(29)30)19-15-9-6-10-16-19/h5-10,13-17,25H,3-4,11-12H2,1-2H3,(H,29,30). The van der Waals surface area contributed by atoms with E-state index in [4.69, 9.17) is 9.26 Å². The zero-order chi connectivity index (χ0) is 22.5. The van der Waals surface area contributed by atoms with E-state index in [1.54, 1.807) is 12.1 Å². The monoisotopic (exact) mass is 429 g/mol. The Hall–Kier alpha value is -3.60. The first-order valence-corrected chi connectivity index (χ1v) is 11.1. The van der Waals surface area contributed by atoms with Gasteiger partial charge in [0.15, 0.2) is 5.58 Å². The molecule has 4 aromatic rings. The third kappa shape index (κ3) is 4.24. The van der Waals surface area contributed by atoms with Gasteiger partial charge in [0.05, 0.1) is 5.39 Å². The largest absolute Gasteiger partial charge is 0.478 e. The summed E-state index contributed by atoms with van der Waals surface area (Å²) < 4.78 is 12.1. The van der Waals surface area contributed by atoms with Crippen LogP contribution in [-0.2, 0) is 17.6 Å². The van der Waals surface area contributed by atoms with Crippen molar-refractivity contribution in [2.45, 2.75) is 45.6 Å². The summed E-state index contributed by atoms with van der Waals surface area (Å²) in [7, 11) is 0. The third-order valence-electron chi connectivity index (χ3n) is 5.52. The number of carbonyl (C=O) groups is 1. The number of benzene rings is 3. The lowest BCUT2D eigenvalue weighted by atomic mass is 9.96. The van der Waals surface area contributed by atoms with E-state index in [1.807, 2.05) is 48.5 Å². The summed E-state index contributed by atoms with van der Waals surface area (Å²) in [5.74, 6) is -0.419. The van der Waals surface area contributed by atoms with E-state index in [0.29, 0.717) is 23.3 Å². The van der Waals surface area contributed by atoms with Gasteiger partial charge < -0.3 is 14.4 Å². The van der Waals surface area contributed by atoms with E-state index >= 15 is 0 Å². The minimum atomic E-state index is -1.10. The van der Waals surface area contributed by atoms with Gasteiger partial charge in [-0.2, -0.15) is 0 Å². The number of carboxylic acids is 1. The number of carboxylic acid groups (broad SMARTS) is 1. The van der Waals surface area contributed by atoms with Gasteiger partial charge in [0.25, 0.3) is 0 Å². The molecule has 0 aliphatic rings. The molecule has 0 radical (unpaired) electrons. The predicted molar refractivity (Wildman–Crippen MR) is 125 cm³/mol. The van der Waals surface area contributed by atoms with Crippen molar-refractivity contribution >= 4 is 16.9 Å². The van der Waals surface area contributed by atoms with Gasteiger partial charge in [0.1, 0.15) is 11.4 Å². The van der Waals surface area contributed by atoms with E-state index in [1.165, 1.54) is 0 Å². The highest BCUT2D eigenvalue weighted by Gasteiger charge is 2.27. The molecule has 32 heavy (non-hydrogen) atoms. The molecule has 0 fully saturated rings.